The van der Waals surface area contributed by atoms with Crippen LogP contribution < -0.4 is 10.8 Å². The fraction of sp³-hybridized carbons (Fsp3) is 0.333. The van der Waals surface area contributed by atoms with E-state index < -0.39 is 11.9 Å². The quantitative estimate of drug-likeness (QED) is 0.595. The molecule has 0 saturated heterocycles. The summed E-state index contributed by atoms with van der Waals surface area (Å²) in [5.41, 5.74) is 4.32. The largest absolute Gasteiger partial charge is 0.550 e. The van der Waals surface area contributed by atoms with Gasteiger partial charge >= 0.3 is 0 Å². The molecule has 1 rings (SSSR count). The number of nitrogens with zero attached hydrogens (tertiary/aromatic N) is 1. The molecule has 1 aromatic rings. The smallest absolute Gasteiger partial charge is 0.0825 e. The Hall–Kier alpha value is -1.42. The summed E-state index contributed by atoms with van der Waals surface area (Å²) in [5.74, 6) is -1.59. The molecule has 0 fully saturated rings. The van der Waals surface area contributed by atoms with Crippen LogP contribution in [0.15, 0.2) is 24.4 Å². The van der Waals surface area contributed by atoms with Crippen LogP contribution in [0.25, 0.3) is 0 Å². The number of carbonyl (C=O) groups is 1. The Balaban J connectivity index is 2.62. The van der Waals surface area contributed by atoms with Crippen LogP contribution in [-0.4, -0.2) is 17.5 Å². The van der Waals surface area contributed by atoms with Crippen molar-refractivity contribution in [3.05, 3.63) is 30.1 Å². The van der Waals surface area contributed by atoms with Crippen LogP contribution in [-0.2, 0) is 11.2 Å². The lowest BCUT2D eigenvalue weighted by Crippen LogP contribution is -2.57. The normalized spacial score (nSPS) is 12.4. The second kappa shape index (κ2) is 4.57. The summed E-state index contributed by atoms with van der Waals surface area (Å²) in [6, 6.07) is 5.42. The molecule has 0 aliphatic heterocycles. The molecule has 1 atom stereocenters. The number of quaternary nitrogens is 1. The topological polar surface area (TPSA) is 80.7 Å². The van der Waals surface area contributed by atoms with E-state index in [0.29, 0.717) is 13.0 Å². The minimum Gasteiger partial charge on any atom is -0.550 e. The van der Waals surface area contributed by atoms with E-state index in [2.05, 4.69) is 10.7 Å². The van der Waals surface area contributed by atoms with Crippen molar-refractivity contribution in [3.8, 4) is 0 Å². The summed E-state index contributed by atoms with van der Waals surface area (Å²) < 4.78 is 0. The number of hydrogen-bond donors (Lipinski definition) is 1. The molecule has 4 nitrogen and oxygen atoms in total. The third kappa shape index (κ3) is 2.83. The van der Waals surface area contributed by atoms with Gasteiger partial charge in [0.25, 0.3) is 0 Å². The molecule has 1 aromatic heterocycles. The van der Waals surface area contributed by atoms with Crippen molar-refractivity contribution in [2.75, 3.05) is 6.54 Å². The molecule has 0 unspecified atom stereocenters. The van der Waals surface area contributed by atoms with Gasteiger partial charge in [0.2, 0.25) is 0 Å². The lowest BCUT2D eigenvalue weighted by atomic mass is 10.0. The highest BCUT2D eigenvalue weighted by atomic mass is 16.4. The van der Waals surface area contributed by atoms with E-state index in [4.69, 9.17) is 0 Å². The van der Waals surface area contributed by atoms with E-state index >= 15 is 0 Å². The van der Waals surface area contributed by atoms with Crippen LogP contribution in [0.5, 0.6) is 0 Å². The maximum Gasteiger partial charge on any atom is 0.0825 e. The first-order valence-corrected chi connectivity index (χ1v) is 4.14. The predicted molar refractivity (Wildman–Crippen MR) is 44.2 cm³/mol. The Morgan fingerprint density at radius 1 is 1.62 bits per heavy atom. The van der Waals surface area contributed by atoms with E-state index in [1.807, 2.05) is 6.07 Å². The van der Waals surface area contributed by atoms with Crippen molar-refractivity contribution in [1.29, 1.82) is 0 Å². The molecular weight excluding hydrogens is 168 g/mol. The van der Waals surface area contributed by atoms with Crippen molar-refractivity contribution in [3.63, 3.8) is 0 Å². The summed E-state index contributed by atoms with van der Waals surface area (Å²) in [6.45, 7) is 0.332. The molecule has 3 N–H and O–H groups in total. The van der Waals surface area contributed by atoms with Crippen molar-refractivity contribution in [2.24, 2.45) is 5.92 Å². The number of rotatable bonds is 4. The van der Waals surface area contributed by atoms with Crippen LogP contribution in [0.2, 0.25) is 0 Å². The van der Waals surface area contributed by atoms with Gasteiger partial charge in [-0.1, -0.05) is 6.07 Å². The Labute approximate surface area is 76.4 Å². The number of hydrogen-bond acceptors (Lipinski definition) is 3. The van der Waals surface area contributed by atoms with Gasteiger partial charge in [-0.3, -0.25) is 4.98 Å². The summed E-state index contributed by atoms with van der Waals surface area (Å²) in [7, 11) is 0. The SMILES string of the molecule is [NH3+]C[C@H](Cc1ccccn1)C(=O)[O-]. The second-order valence-corrected chi connectivity index (χ2v) is 2.83. The monoisotopic (exact) mass is 180 g/mol. The first-order chi connectivity index (χ1) is 6.24. The number of carboxylic acid groups (broad SMARTS) is 1. The van der Waals surface area contributed by atoms with Gasteiger partial charge in [0.1, 0.15) is 0 Å². The predicted octanol–water partition coefficient (Wildman–Crippen LogP) is -1.77. The van der Waals surface area contributed by atoms with Gasteiger partial charge in [-0.15, -0.1) is 0 Å². The minimum atomic E-state index is -1.05. The minimum absolute atomic E-state index is 0.332. The molecule has 0 radical (unpaired) electrons. The number of pyridine rings is 1. The van der Waals surface area contributed by atoms with Gasteiger partial charge in [-0.2, -0.15) is 0 Å². The summed E-state index contributed by atoms with van der Waals surface area (Å²) in [4.78, 5) is 14.6. The number of aromatic nitrogens is 1. The average Bonchev–Trinajstić information content (AvgIpc) is 2.15. The maximum absolute atomic E-state index is 10.6. The lowest BCUT2D eigenvalue weighted by molar-refractivity contribution is -0.387. The van der Waals surface area contributed by atoms with Crippen LogP contribution >= 0.6 is 0 Å². The van der Waals surface area contributed by atoms with Crippen LogP contribution in [0, 0.1) is 5.92 Å². The van der Waals surface area contributed by atoms with Crippen LogP contribution in [0.1, 0.15) is 5.69 Å². The maximum atomic E-state index is 10.6. The van der Waals surface area contributed by atoms with E-state index in [1.165, 1.54) is 0 Å². The number of aliphatic carboxylic acids is 1. The average molecular weight is 180 g/mol. The van der Waals surface area contributed by atoms with Crippen molar-refractivity contribution < 1.29 is 15.6 Å². The lowest BCUT2D eigenvalue weighted by Gasteiger charge is -2.12. The third-order valence-electron chi connectivity index (χ3n) is 1.86. The Kier molecular flexibility index (Phi) is 3.40. The zero-order chi connectivity index (χ0) is 9.68. The summed E-state index contributed by atoms with van der Waals surface area (Å²) >= 11 is 0. The standard InChI is InChI=1S/C9H12N2O2/c10-6-7(9(12)13)5-8-3-1-2-4-11-8/h1-4,7H,5-6,10H2,(H,12,13)/t7-/m0/s1. The summed E-state index contributed by atoms with van der Waals surface area (Å²) in [5, 5.41) is 10.6. The molecule has 4 heteroatoms. The highest BCUT2D eigenvalue weighted by molar-refractivity contribution is 5.68. The third-order valence-corrected chi connectivity index (χ3v) is 1.86. The first kappa shape index (κ1) is 9.67. The van der Waals surface area contributed by atoms with Gasteiger partial charge in [-0.25, -0.2) is 0 Å². The molecule has 0 saturated carbocycles. The number of carbonyl (C=O) groups excluding carboxylic acids is 1. The van der Waals surface area contributed by atoms with Crippen LogP contribution in [0.3, 0.4) is 0 Å². The molecular formula is C9H12N2O2. The fourth-order valence-corrected chi connectivity index (χ4v) is 1.07. The molecule has 0 amide bonds. The second-order valence-electron chi connectivity index (χ2n) is 2.83. The van der Waals surface area contributed by atoms with Gasteiger partial charge in [0.15, 0.2) is 0 Å². The number of carboxylic acids is 1. The molecule has 13 heavy (non-hydrogen) atoms. The van der Waals surface area contributed by atoms with Gasteiger partial charge in [-0.05, 0) is 12.1 Å². The Bertz CT molecular complexity index is 274. The molecule has 0 aromatic carbocycles. The zero-order valence-corrected chi connectivity index (χ0v) is 7.27. The van der Waals surface area contributed by atoms with E-state index in [1.54, 1.807) is 18.3 Å². The van der Waals surface area contributed by atoms with Gasteiger partial charge in [0, 0.05) is 18.3 Å². The molecule has 0 aliphatic rings. The highest BCUT2D eigenvalue weighted by Gasteiger charge is 2.10. The van der Waals surface area contributed by atoms with Crippen molar-refractivity contribution >= 4 is 5.97 Å². The highest BCUT2D eigenvalue weighted by Crippen LogP contribution is 2.03. The van der Waals surface area contributed by atoms with E-state index in [0.717, 1.165) is 5.69 Å². The van der Waals surface area contributed by atoms with Gasteiger partial charge < -0.3 is 15.6 Å². The Morgan fingerprint density at radius 2 is 2.38 bits per heavy atom. The van der Waals surface area contributed by atoms with Crippen molar-refractivity contribution in [2.45, 2.75) is 6.42 Å². The van der Waals surface area contributed by atoms with E-state index in [9.17, 15) is 9.90 Å². The molecule has 70 valence electrons. The van der Waals surface area contributed by atoms with Crippen molar-refractivity contribution in [1.82, 2.24) is 4.98 Å². The first-order valence-electron chi connectivity index (χ1n) is 4.14. The van der Waals surface area contributed by atoms with E-state index in [-0.39, 0.29) is 0 Å². The fourth-order valence-electron chi connectivity index (χ4n) is 1.07. The molecule has 0 aliphatic carbocycles. The molecule has 1 heterocycles. The molecule has 0 spiro atoms. The van der Waals surface area contributed by atoms with Crippen LogP contribution in [0.4, 0.5) is 0 Å². The molecule has 0 bridgehead atoms. The Morgan fingerprint density at radius 3 is 2.85 bits per heavy atom. The summed E-state index contributed by atoms with van der Waals surface area (Å²) in [6.07, 6.45) is 2.04. The zero-order valence-electron chi connectivity index (χ0n) is 7.27. The van der Waals surface area contributed by atoms with Gasteiger partial charge in [0.05, 0.1) is 18.4 Å².